The number of nitrogens with zero attached hydrogens (tertiary/aromatic N) is 1. The number of rotatable bonds is 3. The summed E-state index contributed by atoms with van der Waals surface area (Å²) in [6.45, 7) is 0. The Kier molecular flexibility index (Phi) is 3.31. The molecule has 0 bridgehead atoms. The van der Waals surface area contributed by atoms with Crippen molar-refractivity contribution in [2.45, 2.75) is 0 Å². The Morgan fingerprint density at radius 2 is 1.65 bits per heavy atom. The van der Waals surface area contributed by atoms with E-state index in [1.54, 1.807) is 24.3 Å². The highest BCUT2D eigenvalue weighted by atomic mass is 16.1. The van der Waals surface area contributed by atoms with Crippen LogP contribution in [0.5, 0.6) is 0 Å². The van der Waals surface area contributed by atoms with Crippen LogP contribution in [0.2, 0.25) is 0 Å². The normalized spacial score (nSPS) is 10.6. The Morgan fingerprint density at radius 3 is 2.35 bits per heavy atom. The van der Waals surface area contributed by atoms with E-state index in [1.807, 2.05) is 30.3 Å². The van der Waals surface area contributed by atoms with Crippen molar-refractivity contribution < 1.29 is 4.79 Å². The highest BCUT2D eigenvalue weighted by Gasteiger charge is 2.01. The summed E-state index contributed by atoms with van der Waals surface area (Å²) >= 11 is 0. The number of hydrogen-bond acceptors (Lipinski definition) is 3. The molecular weight excluding hydrogens is 212 g/mol. The number of nitrogen functional groups attached to an aromatic ring is 1. The van der Waals surface area contributed by atoms with E-state index in [4.69, 9.17) is 5.73 Å². The number of hydrogen-bond donors (Lipinski definition) is 1. The van der Waals surface area contributed by atoms with Gasteiger partial charge in [0.2, 0.25) is 5.78 Å². The minimum Gasteiger partial charge on any atom is -0.397 e. The van der Waals surface area contributed by atoms with E-state index in [1.165, 1.54) is 6.21 Å². The van der Waals surface area contributed by atoms with Gasteiger partial charge in [0.1, 0.15) is 0 Å². The lowest BCUT2D eigenvalue weighted by atomic mass is 10.1. The molecule has 0 aliphatic rings. The van der Waals surface area contributed by atoms with Gasteiger partial charge in [0.25, 0.3) is 0 Å². The van der Waals surface area contributed by atoms with Gasteiger partial charge in [-0.3, -0.25) is 9.79 Å². The van der Waals surface area contributed by atoms with Crippen molar-refractivity contribution in [2.75, 3.05) is 5.73 Å². The summed E-state index contributed by atoms with van der Waals surface area (Å²) in [6.07, 6.45) is 1.29. The van der Waals surface area contributed by atoms with E-state index in [0.717, 1.165) is 0 Å². The van der Waals surface area contributed by atoms with E-state index >= 15 is 0 Å². The lowest BCUT2D eigenvalue weighted by Gasteiger charge is -1.98. The Morgan fingerprint density at radius 1 is 1.00 bits per heavy atom. The predicted molar refractivity (Wildman–Crippen MR) is 69.8 cm³/mol. The minimum absolute atomic E-state index is 0.131. The second-order valence-corrected chi connectivity index (χ2v) is 3.55. The number of anilines is 1. The molecule has 2 N–H and O–H groups in total. The summed E-state index contributed by atoms with van der Waals surface area (Å²) in [4.78, 5) is 15.8. The van der Waals surface area contributed by atoms with Crippen LogP contribution in [0.3, 0.4) is 0 Å². The molecule has 84 valence electrons. The number of Topliss-reactive ketones (excluding diaryl/α,β-unsaturated/α-hetero) is 1. The maximum atomic E-state index is 11.7. The average molecular weight is 224 g/mol. The summed E-state index contributed by atoms with van der Waals surface area (Å²) in [7, 11) is 0. The second-order valence-electron chi connectivity index (χ2n) is 3.55. The summed E-state index contributed by atoms with van der Waals surface area (Å²) in [5.41, 5.74) is 7.50. The van der Waals surface area contributed by atoms with Crippen LogP contribution in [-0.4, -0.2) is 12.0 Å². The van der Waals surface area contributed by atoms with Crippen LogP contribution in [0.15, 0.2) is 59.6 Å². The van der Waals surface area contributed by atoms with E-state index < -0.39 is 0 Å². The first-order chi connectivity index (χ1) is 8.27. The number of para-hydroxylation sites is 2. The number of ketones is 1. The maximum absolute atomic E-state index is 11.7. The molecule has 0 spiro atoms. The number of carbonyl (C=O) groups excluding carboxylic acids is 1. The van der Waals surface area contributed by atoms with Crippen LogP contribution < -0.4 is 5.73 Å². The lowest BCUT2D eigenvalue weighted by Crippen LogP contribution is -1.99. The predicted octanol–water partition coefficient (Wildman–Crippen LogP) is 2.85. The van der Waals surface area contributed by atoms with Gasteiger partial charge in [0.05, 0.1) is 17.6 Å². The molecule has 0 amide bonds. The van der Waals surface area contributed by atoms with Gasteiger partial charge in [0.15, 0.2) is 0 Å². The van der Waals surface area contributed by atoms with E-state index in [0.29, 0.717) is 16.9 Å². The largest absolute Gasteiger partial charge is 0.397 e. The topological polar surface area (TPSA) is 55.4 Å². The zero-order valence-corrected chi connectivity index (χ0v) is 9.21. The monoisotopic (exact) mass is 224 g/mol. The number of nitrogens with two attached hydrogens (primary N) is 1. The molecule has 0 saturated heterocycles. The minimum atomic E-state index is -0.131. The van der Waals surface area contributed by atoms with E-state index in [-0.39, 0.29) is 5.78 Å². The van der Waals surface area contributed by atoms with Crippen molar-refractivity contribution >= 4 is 23.4 Å². The Balaban J connectivity index is 2.17. The molecule has 2 rings (SSSR count). The highest BCUT2D eigenvalue weighted by molar-refractivity contribution is 6.35. The second kappa shape index (κ2) is 5.07. The Bertz CT molecular complexity index is 547. The molecule has 0 radical (unpaired) electrons. The van der Waals surface area contributed by atoms with E-state index in [9.17, 15) is 4.79 Å². The van der Waals surface area contributed by atoms with Crippen molar-refractivity contribution in [3.63, 3.8) is 0 Å². The first-order valence-electron chi connectivity index (χ1n) is 5.25. The van der Waals surface area contributed by atoms with Gasteiger partial charge < -0.3 is 5.73 Å². The molecule has 0 saturated carbocycles. The van der Waals surface area contributed by atoms with Gasteiger partial charge in [-0.25, -0.2) is 0 Å². The van der Waals surface area contributed by atoms with Gasteiger partial charge in [-0.15, -0.1) is 0 Å². The standard InChI is InChI=1S/C14H12N2O/c15-12-8-4-5-9-13(12)16-10-14(17)11-6-2-1-3-7-11/h1-10H,15H2. The molecule has 0 atom stereocenters. The van der Waals surface area contributed by atoms with Crippen LogP contribution in [0.4, 0.5) is 11.4 Å². The van der Waals surface area contributed by atoms with Gasteiger partial charge in [-0.1, -0.05) is 42.5 Å². The Labute approximate surface area is 99.6 Å². The van der Waals surface area contributed by atoms with E-state index in [2.05, 4.69) is 4.99 Å². The SMILES string of the molecule is Nc1ccccc1N=CC(=O)c1ccccc1. The summed E-state index contributed by atoms with van der Waals surface area (Å²) in [6, 6.07) is 16.2. The average Bonchev–Trinajstić information content (AvgIpc) is 2.38. The summed E-state index contributed by atoms with van der Waals surface area (Å²) in [5, 5.41) is 0. The number of benzene rings is 2. The highest BCUT2D eigenvalue weighted by Crippen LogP contribution is 2.19. The fourth-order valence-corrected chi connectivity index (χ4v) is 1.41. The first kappa shape index (κ1) is 11.1. The van der Waals surface area contributed by atoms with Crippen LogP contribution in [-0.2, 0) is 0 Å². The van der Waals surface area contributed by atoms with Gasteiger partial charge >= 0.3 is 0 Å². The molecule has 3 heteroatoms. The van der Waals surface area contributed by atoms with Crippen molar-refractivity contribution in [1.29, 1.82) is 0 Å². The lowest BCUT2D eigenvalue weighted by molar-refractivity contribution is 0.107. The molecule has 0 unspecified atom stereocenters. The van der Waals surface area contributed by atoms with Gasteiger partial charge in [0, 0.05) is 5.56 Å². The van der Waals surface area contributed by atoms with Crippen LogP contribution >= 0.6 is 0 Å². The molecule has 0 aliphatic carbocycles. The molecule has 0 aromatic heterocycles. The van der Waals surface area contributed by atoms with Crippen LogP contribution in [0, 0.1) is 0 Å². The van der Waals surface area contributed by atoms with Crippen molar-refractivity contribution in [3.8, 4) is 0 Å². The fraction of sp³-hybridized carbons (Fsp3) is 0. The fourth-order valence-electron chi connectivity index (χ4n) is 1.41. The molecule has 2 aromatic rings. The van der Waals surface area contributed by atoms with Crippen molar-refractivity contribution in [2.24, 2.45) is 4.99 Å². The van der Waals surface area contributed by atoms with Crippen molar-refractivity contribution in [1.82, 2.24) is 0 Å². The third-order valence-electron chi connectivity index (χ3n) is 2.32. The molecule has 3 nitrogen and oxygen atoms in total. The van der Waals surface area contributed by atoms with Crippen LogP contribution in [0.25, 0.3) is 0 Å². The molecule has 2 aromatic carbocycles. The summed E-state index contributed by atoms with van der Waals surface area (Å²) < 4.78 is 0. The quantitative estimate of drug-likeness (QED) is 0.495. The molecule has 0 fully saturated rings. The zero-order valence-electron chi connectivity index (χ0n) is 9.21. The number of aliphatic imine (C=N–C) groups is 1. The molecule has 17 heavy (non-hydrogen) atoms. The van der Waals surface area contributed by atoms with Crippen molar-refractivity contribution in [3.05, 3.63) is 60.2 Å². The first-order valence-corrected chi connectivity index (χ1v) is 5.25. The third kappa shape index (κ3) is 2.78. The number of carbonyl (C=O) groups is 1. The smallest absolute Gasteiger partial charge is 0.204 e. The Hall–Kier alpha value is -2.42. The molecule has 0 heterocycles. The summed E-state index contributed by atoms with van der Waals surface area (Å²) in [5.74, 6) is -0.131. The molecular formula is C14H12N2O. The third-order valence-corrected chi connectivity index (χ3v) is 2.32. The zero-order chi connectivity index (χ0) is 12.1. The molecule has 0 aliphatic heterocycles. The maximum Gasteiger partial charge on any atom is 0.204 e. The van der Waals surface area contributed by atoms with Crippen LogP contribution in [0.1, 0.15) is 10.4 Å². The van der Waals surface area contributed by atoms with Gasteiger partial charge in [-0.05, 0) is 12.1 Å². The van der Waals surface area contributed by atoms with Gasteiger partial charge in [-0.2, -0.15) is 0 Å².